The second kappa shape index (κ2) is 6.53. The molecule has 2 rings (SSSR count). The lowest BCUT2D eigenvalue weighted by atomic mass is 9.92. The second-order valence-corrected chi connectivity index (χ2v) is 6.29. The minimum absolute atomic E-state index is 0.610. The molecule has 2 heteroatoms. The van der Waals surface area contributed by atoms with E-state index in [4.69, 9.17) is 0 Å². The zero-order chi connectivity index (χ0) is 13.8. The lowest BCUT2D eigenvalue weighted by Crippen LogP contribution is -2.43. The van der Waals surface area contributed by atoms with Crippen LogP contribution < -0.4 is 5.32 Å². The maximum absolute atomic E-state index is 3.43. The van der Waals surface area contributed by atoms with Crippen LogP contribution in [0.5, 0.6) is 0 Å². The van der Waals surface area contributed by atoms with E-state index in [0.717, 1.165) is 19.6 Å². The highest BCUT2D eigenvalue weighted by Gasteiger charge is 2.14. The van der Waals surface area contributed by atoms with E-state index in [0.29, 0.717) is 11.8 Å². The van der Waals surface area contributed by atoms with Gasteiger partial charge in [-0.2, -0.15) is 0 Å². The fraction of sp³-hybridized carbons (Fsp3) is 0.647. The van der Waals surface area contributed by atoms with Crippen LogP contribution in [0.2, 0.25) is 0 Å². The van der Waals surface area contributed by atoms with Crippen LogP contribution in [0.15, 0.2) is 18.2 Å². The number of piperazine rings is 1. The number of hydrogen-bond donors (Lipinski definition) is 1. The standard InChI is InChI=1S/C17H28N2/c1-13(2)15-5-6-17(14(3)4)16(11-15)12-19-9-7-18-8-10-19/h5-6,11,13-14,18H,7-10,12H2,1-4H3. The molecule has 19 heavy (non-hydrogen) atoms. The van der Waals surface area contributed by atoms with Gasteiger partial charge in [-0.3, -0.25) is 4.90 Å². The molecule has 2 nitrogen and oxygen atoms in total. The average Bonchev–Trinajstić information content (AvgIpc) is 2.39. The summed E-state index contributed by atoms with van der Waals surface area (Å²) in [5.41, 5.74) is 4.51. The van der Waals surface area contributed by atoms with Gasteiger partial charge in [0.15, 0.2) is 0 Å². The van der Waals surface area contributed by atoms with Crippen molar-refractivity contribution in [2.45, 2.75) is 46.1 Å². The van der Waals surface area contributed by atoms with Crippen molar-refractivity contribution >= 4 is 0 Å². The largest absolute Gasteiger partial charge is 0.314 e. The molecule has 0 aromatic heterocycles. The van der Waals surface area contributed by atoms with Gasteiger partial charge in [0.1, 0.15) is 0 Å². The Labute approximate surface area is 118 Å². The molecule has 1 saturated heterocycles. The number of nitrogens with zero attached hydrogens (tertiary/aromatic N) is 1. The Morgan fingerprint density at radius 3 is 2.32 bits per heavy atom. The molecule has 1 aliphatic rings. The minimum Gasteiger partial charge on any atom is -0.314 e. The quantitative estimate of drug-likeness (QED) is 0.893. The Hall–Kier alpha value is -0.860. The molecule has 0 amide bonds. The normalized spacial score (nSPS) is 17.4. The Morgan fingerprint density at radius 2 is 1.74 bits per heavy atom. The maximum atomic E-state index is 3.43. The number of hydrogen-bond acceptors (Lipinski definition) is 2. The van der Waals surface area contributed by atoms with Crippen molar-refractivity contribution in [1.29, 1.82) is 0 Å². The molecule has 1 aromatic carbocycles. The van der Waals surface area contributed by atoms with E-state index in [-0.39, 0.29) is 0 Å². The third-order valence-corrected chi connectivity index (χ3v) is 4.06. The number of benzene rings is 1. The van der Waals surface area contributed by atoms with Gasteiger partial charge in [0.25, 0.3) is 0 Å². The van der Waals surface area contributed by atoms with Gasteiger partial charge < -0.3 is 5.32 Å². The van der Waals surface area contributed by atoms with Crippen molar-refractivity contribution in [1.82, 2.24) is 10.2 Å². The Bertz CT molecular complexity index is 404. The smallest absolute Gasteiger partial charge is 0.0237 e. The molecule has 0 saturated carbocycles. The van der Waals surface area contributed by atoms with Crippen LogP contribution >= 0.6 is 0 Å². The van der Waals surface area contributed by atoms with Crippen LogP contribution in [0, 0.1) is 0 Å². The van der Waals surface area contributed by atoms with Crippen molar-refractivity contribution in [2.75, 3.05) is 26.2 Å². The summed E-state index contributed by atoms with van der Waals surface area (Å²) < 4.78 is 0. The van der Waals surface area contributed by atoms with Gasteiger partial charge in [0, 0.05) is 32.7 Å². The van der Waals surface area contributed by atoms with Crippen molar-refractivity contribution in [2.24, 2.45) is 0 Å². The van der Waals surface area contributed by atoms with Crippen LogP contribution in [-0.2, 0) is 6.54 Å². The summed E-state index contributed by atoms with van der Waals surface area (Å²) in [5.74, 6) is 1.22. The van der Waals surface area contributed by atoms with Crippen molar-refractivity contribution < 1.29 is 0 Å². The molecule has 1 N–H and O–H groups in total. The molecule has 106 valence electrons. The van der Waals surface area contributed by atoms with E-state index in [1.807, 2.05) is 0 Å². The topological polar surface area (TPSA) is 15.3 Å². The highest BCUT2D eigenvalue weighted by molar-refractivity contribution is 5.35. The van der Waals surface area contributed by atoms with Crippen LogP contribution in [0.3, 0.4) is 0 Å². The summed E-state index contributed by atoms with van der Waals surface area (Å²) in [4.78, 5) is 2.57. The molecule has 0 unspecified atom stereocenters. The monoisotopic (exact) mass is 260 g/mol. The zero-order valence-corrected chi connectivity index (χ0v) is 12.9. The summed E-state index contributed by atoms with van der Waals surface area (Å²) in [6, 6.07) is 7.08. The Morgan fingerprint density at radius 1 is 1.05 bits per heavy atom. The van der Waals surface area contributed by atoms with Gasteiger partial charge in [-0.25, -0.2) is 0 Å². The summed E-state index contributed by atoms with van der Waals surface area (Å²) in [6.07, 6.45) is 0. The third kappa shape index (κ3) is 3.80. The maximum Gasteiger partial charge on any atom is 0.0237 e. The molecule has 0 atom stereocenters. The molecular weight excluding hydrogens is 232 g/mol. The third-order valence-electron chi connectivity index (χ3n) is 4.06. The van der Waals surface area contributed by atoms with E-state index in [1.54, 1.807) is 0 Å². The molecule has 1 fully saturated rings. The first-order valence-corrected chi connectivity index (χ1v) is 7.63. The molecular formula is C17H28N2. The van der Waals surface area contributed by atoms with Crippen molar-refractivity contribution in [3.8, 4) is 0 Å². The van der Waals surface area contributed by atoms with Gasteiger partial charge in [-0.1, -0.05) is 45.9 Å². The minimum atomic E-state index is 0.610. The Balaban J connectivity index is 2.21. The van der Waals surface area contributed by atoms with Gasteiger partial charge >= 0.3 is 0 Å². The van der Waals surface area contributed by atoms with Crippen LogP contribution in [0.1, 0.15) is 56.2 Å². The van der Waals surface area contributed by atoms with Gasteiger partial charge in [-0.05, 0) is 28.5 Å². The summed E-state index contributed by atoms with van der Waals surface area (Å²) >= 11 is 0. The predicted molar refractivity (Wildman–Crippen MR) is 82.8 cm³/mol. The van der Waals surface area contributed by atoms with E-state index < -0.39 is 0 Å². The summed E-state index contributed by atoms with van der Waals surface area (Å²) in [6.45, 7) is 14.8. The Kier molecular flexibility index (Phi) is 5.00. The van der Waals surface area contributed by atoms with Crippen LogP contribution in [0.4, 0.5) is 0 Å². The highest BCUT2D eigenvalue weighted by Crippen LogP contribution is 2.25. The summed E-state index contributed by atoms with van der Waals surface area (Å²) in [5, 5.41) is 3.43. The highest BCUT2D eigenvalue weighted by atomic mass is 15.2. The number of nitrogens with one attached hydrogen (secondary N) is 1. The first-order chi connectivity index (χ1) is 9.08. The van der Waals surface area contributed by atoms with E-state index >= 15 is 0 Å². The lowest BCUT2D eigenvalue weighted by molar-refractivity contribution is 0.232. The van der Waals surface area contributed by atoms with Crippen LogP contribution in [0.25, 0.3) is 0 Å². The fourth-order valence-corrected chi connectivity index (χ4v) is 2.80. The second-order valence-electron chi connectivity index (χ2n) is 6.29. The first kappa shape index (κ1) is 14.5. The van der Waals surface area contributed by atoms with Crippen molar-refractivity contribution in [3.05, 3.63) is 34.9 Å². The van der Waals surface area contributed by atoms with E-state index in [2.05, 4.69) is 56.1 Å². The van der Waals surface area contributed by atoms with Gasteiger partial charge in [-0.15, -0.1) is 0 Å². The molecule has 0 aliphatic carbocycles. The molecule has 1 aliphatic heterocycles. The van der Waals surface area contributed by atoms with Crippen molar-refractivity contribution in [3.63, 3.8) is 0 Å². The SMILES string of the molecule is CC(C)c1ccc(C(C)C)c(CN2CCNCC2)c1. The van der Waals surface area contributed by atoms with E-state index in [9.17, 15) is 0 Å². The average molecular weight is 260 g/mol. The lowest BCUT2D eigenvalue weighted by Gasteiger charge is -2.29. The predicted octanol–water partition coefficient (Wildman–Crippen LogP) is 3.34. The fourth-order valence-electron chi connectivity index (χ4n) is 2.80. The molecule has 0 bridgehead atoms. The van der Waals surface area contributed by atoms with E-state index in [1.165, 1.54) is 29.8 Å². The molecule has 0 radical (unpaired) electrons. The summed E-state index contributed by atoms with van der Waals surface area (Å²) in [7, 11) is 0. The van der Waals surface area contributed by atoms with Gasteiger partial charge in [0.05, 0.1) is 0 Å². The zero-order valence-electron chi connectivity index (χ0n) is 12.9. The van der Waals surface area contributed by atoms with Crippen LogP contribution in [-0.4, -0.2) is 31.1 Å². The molecule has 0 spiro atoms. The first-order valence-electron chi connectivity index (χ1n) is 7.63. The number of rotatable bonds is 4. The molecule has 1 heterocycles. The molecule has 1 aromatic rings. The van der Waals surface area contributed by atoms with Gasteiger partial charge in [0.2, 0.25) is 0 Å².